The van der Waals surface area contributed by atoms with Crippen LogP contribution in [-0.2, 0) is 17.8 Å². The van der Waals surface area contributed by atoms with Gasteiger partial charge in [0.25, 0.3) is 5.56 Å². The van der Waals surface area contributed by atoms with E-state index in [4.69, 9.17) is 0 Å². The van der Waals surface area contributed by atoms with Gasteiger partial charge in [0.2, 0.25) is 5.91 Å². The molecule has 0 unspecified atom stereocenters. The summed E-state index contributed by atoms with van der Waals surface area (Å²) in [5.74, 6) is -0.442. The van der Waals surface area contributed by atoms with E-state index in [1.165, 1.54) is 12.1 Å². The molecule has 4 nitrogen and oxygen atoms in total. The largest absolute Gasteiger partial charge is 0.352 e. The molecule has 0 bridgehead atoms. The molecule has 0 saturated carbocycles. The molecule has 0 aliphatic carbocycles. The number of rotatable bonds is 4. The van der Waals surface area contributed by atoms with Crippen molar-refractivity contribution in [1.29, 1.82) is 0 Å². The van der Waals surface area contributed by atoms with E-state index in [0.717, 1.165) is 22.0 Å². The van der Waals surface area contributed by atoms with Crippen LogP contribution in [0.3, 0.4) is 0 Å². The van der Waals surface area contributed by atoms with Gasteiger partial charge in [0.15, 0.2) is 0 Å². The Labute approximate surface area is 138 Å². The Morgan fingerprint density at radius 2 is 1.79 bits per heavy atom. The molecule has 0 aliphatic heterocycles. The summed E-state index contributed by atoms with van der Waals surface area (Å²) in [5, 5.41) is 3.78. The van der Waals surface area contributed by atoms with Gasteiger partial charge in [0.1, 0.15) is 5.82 Å². The summed E-state index contributed by atoms with van der Waals surface area (Å²) in [6, 6.07) is 13.4. The van der Waals surface area contributed by atoms with Crippen molar-refractivity contribution in [2.24, 2.45) is 0 Å². The first-order valence-electron chi connectivity index (χ1n) is 7.65. The summed E-state index contributed by atoms with van der Waals surface area (Å²) < 4.78 is 12.9. The van der Waals surface area contributed by atoms with Crippen LogP contribution < -0.4 is 10.9 Å². The van der Waals surface area contributed by atoms with Gasteiger partial charge in [0, 0.05) is 17.6 Å². The minimum absolute atomic E-state index is 0.0946. The number of halogens is 1. The van der Waals surface area contributed by atoms with E-state index in [1.54, 1.807) is 19.1 Å². The predicted molar refractivity (Wildman–Crippen MR) is 91.3 cm³/mol. The number of aromatic nitrogens is 1. The molecule has 0 radical (unpaired) electrons. The minimum atomic E-state index is -0.316. The summed E-state index contributed by atoms with van der Waals surface area (Å²) in [6.45, 7) is 2.16. The van der Waals surface area contributed by atoms with Gasteiger partial charge in [-0.05, 0) is 53.8 Å². The number of aromatic amines is 1. The van der Waals surface area contributed by atoms with Crippen LogP contribution in [0, 0.1) is 12.7 Å². The monoisotopic (exact) mass is 324 g/mol. The number of aryl methyl sites for hydroxylation is 1. The maximum atomic E-state index is 12.9. The first-order valence-corrected chi connectivity index (χ1v) is 7.65. The smallest absolute Gasteiger partial charge is 0.251 e. The molecule has 0 aliphatic rings. The third-order valence-corrected chi connectivity index (χ3v) is 3.86. The van der Waals surface area contributed by atoms with E-state index in [0.29, 0.717) is 12.1 Å². The van der Waals surface area contributed by atoms with Gasteiger partial charge in [0.05, 0.1) is 6.42 Å². The first-order chi connectivity index (χ1) is 11.5. The van der Waals surface area contributed by atoms with Crippen molar-refractivity contribution in [2.75, 3.05) is 0 Å². The van der Waals surface area contributed by atoms with Crippen molar-refractivity contribution in [3.05, 3.63) is 81.4 Å². The number of hydrogen-bond donors (Lipinski definition) is 2. The number of H-pyrrole nitrogens is 1. The second-order valence-corrected chi connectivity index (χ2v) is 5.78. The number of fused-ring (bicyclic) bond motifs is 1. The molecule has 3 rings (SSSR count). The summed E-state index contributed by atoms with van der Waals surface area (Å²) in [7, 11) is 0. The Morgan fingerprint density at radius 3 is 2.54 bits per heavy atom. The Bertz CT molecular complexity index is 946. The maximum Gasteiger partial charge on any atom is 0.251 e. The fourth-order valence-electron chi connectivity index (χ4n) is 2.53. The maximum absolute atomic E-state index is 12.9. The molecule has 2 aromatic carbocycles. The lowest BCUT2D eigenvalue weighted by Gasteiger charge is -2.07. The standard InChI is InChI=1S/C19H17FN2O2/c1-12-8-15-9-14(4-7-17(15)22-19(12)24)11-21-18(23)10-13-2-5-16(20)6-3-13/h2-9H,10-11H2,1H3,(H,21,23)(H,22,24). The van der Waals surface area contributed by atoms with Gasteiger partial charge in [-0.25, -0.2) is 4.39 Å². The van der Waals surface area contributed by atoms with E-state index in [2.05, 4.69) is 10.3 Å². The molecular formula is C19H17FN2O2. The van der Waals surface area contributed by atoms with E-state index >= 15 is 0 Å². The fourth-order valence-corrected chi connectivity index (χ4v) is 2.53. The molecule has 1 heterocycles. The molecule has 0 spiro atoms. The Morgan fingerprint density at radius 1 is 1.08 bits per heavy atom. The number of hydrogen-bond acceptors (Lipinski definition) is 2. The lowest BCUT2D eigenvalue weighted by atomic mass is 10.1. The zero-order chi connectivity index (χ0) is 17.1. The summed E-state index contributed by atoms with van der Waals surface area (Å²) in [6.07, 6.45) is 0.209. The van der Waals surface area contributed by atoms with Crippen LogP contribution in [0.5, 0.6) is 0 Å². The Kier molecular flexibility index (Phi) is 4.42. The number of nitrogens with one attached hydrogen (secondary N) is 2. The SMILES string of the molecule is Cc1cc2cc(CNC(=O)Cc3ccc(F)cc3)ccc2[nH]c1=O. The normalized spacial score (nSPS) is 10.8. The van der Waals surface area contributed by atoms with Crippen molar-refractivity contribution in [3.63, 3.8) is 0 Å². The second-order valence-electron chi connectivity index (χ2n) is 5.78. The first kappa shape index (κ1) is 15.9. The van der Waals surface area contributed by atoms with Gasteiger partial charge >= 0.3 is 0 Å². The van der Waals surface area contributed by atoms with Gasteiger partial charge in [-0.2, -0.15) is 0 Å². The third-order valence-electron chi connectivity index (χ3n) is 3.86. The average molecular weight is 324 g/mol. The van der Waals surface area contributed by atoms with Crippen molar-refractivity contribution in [1.82, 2.24) is 10.3 Å². The minimum Gasteiger partial charge on any atom is -0.352 e. The van der Waals surface area contributed by atoms with Gasteiger partial charge in [-0.1, -0.05) is 18.2 Å². The van der Waals surface area contributed by atoms with Crippen LogP contribution in [0.25, 0.3) is 10.9 Å². The molecule has 1 amide bonds. The van der Waals surface area contributed by atoms with Crippen LogP contribution in [0.2, 0.25) is 0 Å². The highest BCUT2D eigenvalue weighted by molar-refractivity contribution is 5.80. The Balaban J connectivity index is 1.66. The third kappa shape index (κ3) is 3.68. The molecule has 3 aromatic rings. The van der Waals surface area contributed by atoms with E-state index in [1.807, 2.05) is 24.3 Å². The number of carbonyl (C=O) groups excluding carboxylic acids is 1. The molecule has 122 valence electrons. The highest BCUT2D eigenvalue weighted by atomic mass is 19.1. The highest BCUT2D eigenvalue weighted by Crippen LogP contribution is 2.13. The lowest BCUT2D eigenvalue weighted by molar-refractivity contribution is -0.120. The molecule has 1 aromatic heterocycles. The average Bonchev–Trinajstić information content (AvgIpc) is 2.56. The lowest BCUT2D eigenvalue weighted by Crippen LogP contribution is -2.24. The molecule has 2 N–H and O–H groups in total. The van der Waals surface area contributed by atoms with Gasteiger partial charge < -0.3 is 10.3 Å². The summed E-state index contributed by atoms with van der Waals surface area (Å²) >= 11 is 0. The number of pyridine rings is 1. The van der Waals surface area contributed by atoms with E-state index in [-0.39, 0.29) is 23.7 Å². The number of carbonyl (C=O) groups is 1. The summed E-state index contributed by atoms with van der Waals surface area (Å²) in [5.41, 5.74) is 3.04. The summed E-state index contributed by atoms with van der Waals surface area (Å²) in [4.78, 5) is 26.4. The van der Waals surface area contributed by atoms with Crippen LogP contribution in [0.15, 0.2) is 53.3 Å². The van der Waals surface area contributed by atoms with Crippen molar-refractivity contribution in [2.45, 2.75) is 19.9 Å². The molecule has 5 heteroatoms. The van der Waals surface area contributed by atoms with Crippen molar-refractivity contribution in [3.8, 4) is 0 Å². The van der Waals surface area contributed by atoms with Crippen LogP contribution in [0.1, 0.15) is 16.7 Å². The predicted octanol–water partition coefficient (Wildman–Crippen LogP) is 2.83. The molecule has 0 atom stereocenters. The Hall–Kier alpha value is -2.95. The van der Waals surface area contributed by atoms with Crippen LogP contribution >= 0.6 is 0 Å². The van der Waals surface area contributed by atoms with Gasteiger partial charge in [-0.15, -0.1) is 0 Å². The zero-order valence-corrected chi connectivity index (χ0v) is 13.2. The van der Waals surface area contributed by atoms with Gasteiger partial charge in [-0.3, -0.25) is 9.59 Å². The second kappa shape index (κ2) is 6.66. The number of benzene rings is 2. The van der Waals surface area contributed by atoms with Crippen LogP contribution in [-0.4, -0.2) is 10.9 Å². The van der Waals surface area contributed by atoms with Crippen molar-refractivity contribution >= 4 is 16.8 Å². The van der Waals surface area contributed by atoms with E-state index in [9.17, 15) is 14.0 Å². The van der Waals surface area contributed by atoms with E-state index < -0.39 is 0 Å². The topological polar surface area (TPSA) is 62.0 Å². The van der Waals surface area contributed by atoms with Crippen molar-refractivity contribution < 1.29 is 9.18 Å². The highest BCUT2D eigenvalue weighted by Gasteiger charge is 2.05. The molecule has 0 fully saturated rings. The zero-order valence-electron chi connectivity index (χ0n) is 13.2. The molecule has 0 saturated heterocycles. The molecular weight excluding hydrogens is 307 g/mol. The quantitative estimate of drug-likeness (QED) is 0.775. The number of amides is 1. The molecule has 24 heavy (non-hydrogen) atoms. The van der Waals surface area contributed by atoms with Crippen LogP contribution in [0.4, 0.5) is 4.39 Å². The fraction of sp³-hybridized carbons (Fsp3) is 0.158.